The standard InChI is InChI=1S/C24H43NO4S/c1-4-6-7-8-9-10-11-12-13-14-15-16-17-22(21-26)30-20-18-23(27)25(3)24(28)29-19-5-2/h16-17,21-22H,4-15,18-20H2,1-3H3. The fourth-order valence-electron chi connectivity index (χ4n) is 2.96. The van der Waals surface area contributed by atoms with Crippen molar-refractivity contribution in [3.63, 3.8) is 0 Å². The van der Waals surface area contributed by atoms with Crippen LogP contribution in [0.15, 0.2) is 12.2 Å². The molecule has 0 aliphatic rings. The number of carbonyl (C=O) groups excluding carboxylic acids is 3. The van der Waals surface area contributed by atoms with Gasteiger partial charge in [-0.15, -0.1) is 11.8 Å². The molecule has 0 aliphatic carbocycles. The summed E-state index contributed by atoms with van der Waals surface area (Å²) in [6.07, 6.45) is 19.4. The predicted molar refractivity (Wildman–Crippen MR) is 127 cm³/mol. The van der Waals surface area contributed by atoms with Crippen molar-refractivity contribution in [1.29, 1.82) is 0 Å². The van der Waals surface area contributed by atoms with Gasteiger partial charge in [0.15, 0.2) is 0 Å². The Hall–Kier alpha value is -1.30. The lowest BCUT2D eigenvalue weighted by Crippen LogP contribution is -2.34. The van der Waals surface area contributed by atoms with Gasteiger partial charge in [0, 0.05) is 19.2 Å². The molecule has 0 aromatic rings. The van der Waals surface area contributed by atoms with Crippen LogP contribution in [-0.4, -0.2) is 47.8 Å². The van der Waals surface area contributed by atoms with Gasteiger partial charge in [0.1, 0.15) is 6.29 Å². The van der Waals surface area contributed by atoms with Gasteiger partial charge >= 0.3 is 6.09 Å². The summed E-state index contributed by atoms with van der Waals surface area (Å²) < 4.78 is 4.94. The first kappa shape index (κ1) is 28.7. The number of aldehydes is 1. The monoisotopic (exact) mass is 441 g/mol. The Balaban J connectivity index is 3.77. The highest BCUT2D eigenvalue weighted by Gasteiger charge is 2.18. The van der Waals surface area contributed by atoms with E-state index in [0.29, 0.717) is 12.4 Å². The molecule has 1 atom stereocenters. The van der Waals surface area contributed by atoms with Crippen molar-refractivity contribution in [2.24, 2.45) is 0 Å². The number of ether oxygens (including phenoxy) is 1. The third kappa shape index (κ3) is 16.5. The van der Waals surface area contributed by atoms with Gasteiger partial charge in [0.2, 0.25) is 5.91 Å². The first-order valence-corrected chi connectivity index (χ1v) is 12.8. The minimum Gasteiger partial charge on any atom is -0.449 e. The molecule has 2 amide bonds. The highest BCUT2D eigenvalue weighted by Crippen LogP contribution is 2.15. The Bertz CT molecular complexity index is 482. The summed E-state index contributed by atoms with van der Waals surface area (Å²) in [6.45, 7) is 4.46. The van der Waals surface area contributed by atoms with Crippen molar-refractivity contribution in [3.05, 3.63) is 12.2 Å². The minimum absolute atomic E-state index is 0.207. The number of nitrogens with zero attached hydrogens (tertiary/aromatic N) is 1. The highest BCUT2D eigenvalue weighted by atomic mass is 32.2. The summed E-state index contributed by atoms with van der Waals surface area (Å²) in [4.78, 5) is 35.9. The molecule has 0 rings (SSSR count). The van der Waals surface area contributed by atoms with Gasteiger partial charge in [0.05, 0.1) is 11.9 Å². The smallest absolute Gasteiger partial charge is 0.416 e. The third-order valence-corrected chi connectivity index (χ3v) is 5.98. The van der Waals surface area contributed by atoms with Crippen molar-refractivity contribution in [1.82, 2.24) is 4.90 Å². The summed E-state index contributed by atoms with van der Waals surface area (Å²) in [5.41, 5.74) is 0. The molecule has 0 heterocycles. The largest absolute Gasteiger partial charge is 0.449 e. The lowest BCUT2D eigenvalue weighted by atomic mass is 10.1. The van der Waals surface area contributed by atoms with E-state index in [1.54, 1.807) is 0 Å². The zero-order valence-corrected chi connectivity index (χ0v) is 20.2. The van der Waals surface area contributed by atoms with Crippen LogP contribution in [0, 0.1) is 0 Å². The van der Waals surface area contributed by atoms with E-state index >= 15 is 0 Å². The Labute approximate surface area is 188 Å². The Morgan fingerprint density at radius 2 is 1.53 bits per heavy atom. The third-order valence-electron chi connectivity index (χ3n) is 4.89. The van der Waals surface area contributed by atoms with Gasteiger partial charge in [0.25, 0.3) is 0 Å². The molecule has 0 radical (unpaired) electrons. The van der Waals surface area contributed by atoms with Crippen LogP contribution in [0.4, 0.5) is 4.79 Å². The quantitative estimate of drug-likeness (QED) is 0.129. The van der Waals surface area contributed by atoms with E-state index in [9.17, 15) is 14.4 Å². The van der Waals surface area contributed by atoms with Gasteiger partial charge in [-0.05, 0) is 19.3 Å². The van der Waals surface area contributed by atoms with Crippen molar-refractivity contribution >= 4 is 30.0 Å². The zero-order valence-electron chi connectivity index (χ0n) is 19.4. The maximum atomic E-state index is 12.0. The lowest BCUT2D eigenvalue weighted by Gasteiger charge is -2.15. The van der Waals surface area contributed by atoms with E-state index in [4.69, 9.17) is 4.74 Å². The Morgan fingerprint density at radius 3 is 2.10 bits per heavy atom. The molecule has 0 aromatic carbocycles. The molecule has 0 saturated carbocycles. The topological polar surface area (TPSA) is 63.7 Å². The fourth-order valence-corrected chi connectivity index (χ4v) is 3.82. The fraction of sp³-hybridized carbons (Fsp3) is 0.792. The van der Waals surface area contributed by atoms with E-state index < -0.39 is 6.09 Å². The van der Waals surface area contributed by atoms with E-state index in [0.717, 1.165) is 30.4 Å². The number of rotatable bonds is 19. The number of hydrogen-bond donors (Lipinski definition) is 0. The first-order valence-electron chi connectivity index (χ1n) is 11.7. The van der Waals surface area contributed by atoms with Crippen LogP contribution in [0.1, 0.15) is 97.3 Å². The molecular weight excluding hydrogens is 398 g/mol. The molecule has 5 nitrogen and oxygen atoms in total. The number of thioether (sulfide) groups is 1. The molecule has 174 valence electrons. The van der Waals surface area contributed by atoms with Gasteiger partial charge in [-0.3, -0.25) is 9.69 Å². The average molecular weight is 442 g/mol. The van der Waals surface area contributed by atoms with Gasteiger partial charge in [-0.1, -0.05) is 83.8 Å². The second-order valence-corrected chi connectivity index (χ2v) is 8.97. The molecule has 0 aliphatic heterocycles. The molecule has 0 N–H and O–H groups in total. The van der Waals surface area contributed by atoms with Gasteiger partial charge in [-0.25, -0.2) is 4.79 Å². The maximum Gasteiger partial charge on any atom is 0.416 e. The van der Waals surface area contributed by atoms with Crippen LogP contribution in [0.3, 0.4) is 0 Å². The SMILES string of the molecule is CCCCCCCCCCCCC=CC(C=O)SCCC(=O)N(C)C(=O)OCCC. The second-order valence-electron chi connectivity index (χ2n) is 7.69. The molecule has 1 unspecified atom stereocenters. The van der Waals surface area contributed by atoms with Crippen LogP contribution in [-0.2, 0) is 14.3 Å². The first-order chi connectivity index (χ1) is 14.6. The number of unbranched alkanes of at least 4 members (excludes halogenated alkanes) is 10. The van der Waals surface area contributed by atoms with Crippen LogP contribution < -0.4 is 0 Å². The van der Waals surface area contributed by atoms with Crippen molar-refractivity contribution in [3.8, 4) is 0 Å². The molecule has 0 aromatic heterocycles. The Kier molecular flexibility index (Phi) is 20.0. The summed E-state index contributed by atoms with van der Waals surface area (Å²) in [6, 6.07) is 0. The normalized spacial score (nSPS) is 12.1. The molecule has 0 bridgehead atoms. The van der Waals surface area contributed by atoms with Crippen LogP contribution in [0.25, 0.3) is 0 Å². The zero-order chi connectivity index (χ0) is 22.5. The summed E-state index contributed by atoms with van der Waals surface area (Å²) in [7, 11) is 1.43. The van der Waals surface area contributed by atoms with Gasteiger partial charge < -0.3 is 9.53 Å². The number of carbonyl (C=O) groups is 3. The number of imide groups is 1. The van der Waals surface area contributed by atoms with Crippen molar-refractivity contribution < 1.29 is 19.1 Å². The summed E-state index contributed by atoms with van der Waals surface area (Å²) >= 11 is 1.43. The molecule has 0 spiro atoms. The maximum absolute atomic E-state index is 12.0. The molecular formula is C24H43NO4S. The molecule has 0 saturated heterocycles. The highest BCUT2D eigenvalue weighted by molar-refractivity contribution is 8.00. The van der Waals surface area contributed by atoms with E-state index in [1.807, 2.05) is 13.0 Å². The average Bonchev–Trinajstić information content (AvgIpc) is 2.76. The van der Waals surface area contributed by atoms with Crippen molar-refractivity contribution in [2.75, 3.05) is 19.4 Å². The predicted octanol–water partition coefficient (Wildman–Crippen LogP) is 6.55. The number of amides is 2. The van der Waals surface area contributed by atoms with Crippen LogP contribution in [0.5, 0.6) is 0 Å². The minimum atomic E-state index is -0.616. The number of hydrogen-bond acceptors (Lipinski definition) is 5. The lowest BCUT2D eigenvalue weighted by molar-refractivity contribution is -0.127. The number of allylic oxidation sites excluding steroid dienone is 1. The molecule has 6 heteroatoms. The van der Waals surface area contributed by atoms with E-state index in [1.165, 1.54) is 76.6 Å². The second kappa shape index (κ2) is 21.0. The summed E-state index contributed by atoms with van der Waals surface area (Å²) in [5.74, 6) is 0.207. The van der Waals surface area contributed by atoms with E-state index in [2.05, 4.69) is 13.0 Å². The summed E-state index contributed by atoms with van der Waals surface area (Å²) in [5, 5.41) is -0.238. The van der Waals surface area contributed by atoms with Crippen LogP contribution in [0.2, 0.25) is 0 Å². The van der Waals surface area contributed by atoms with Gasteiger partial charge in [-0.2, -0.15) is 0 Å². The van der Waals surface area contributed by atoms with Crippen molar-refractivity contribution in [2.45, 2.75) is 103 Å². The Morgan fingerprint density at radius 1 is 0.933 bits per heavy atom. The molecule has 30 heavy (non-hydrogen) atoms. The molecule has 0 fully saturated rings. The van der Waals surface area contributed by atoms with Crippen LogP contribution >= 0.6 is 11.8 Å². The van der Waals surface area contributed by atoms with E-state index in [-0.39, 0.29) is 17.6 Å².